The van der Waals surface area contributed by atoms with E-state index in [1.807, 2.05) is 54.6 Å². The first kappa shape index (κ1) is 16.3. The van der Waals surface area contributed by atoms with Crippen molar-refractivity contribution in [2.24, 2.45) is 10.9 Å². The number of nitrogens with zero attached hydrogens (tertiary/aromatic N) is 2. The first-order valence-electron chi connectivity index (χ1n) is 8.25. The highest BCUT2D eigenvalue weighted by atomic mass is 16.6. The molecule has 0 aromatic heterocycles. The van der Waals surface area contributed by atoms with Crippen LogP contribution < -0.4 is 10.6 Å². The first-order chi connectivity index (χ1) is 11.7. The van der Waals surface area contributed by atoms with E-state index < -0.39 is 0 Å². The second-order valence-corrected chi connectivity index (χ2v) is 6.00. The molecule has 3 rings (SSSR count). The number of hydrogen-bond donors (Lipinski definition) is 2. The Labute approximate surface area is 142 Å². The summed E-state index contributed by atoms with van der Waals surface area (Å²) in [4.78, 5) is 7.59. The predicted molar refractivity (Wildman–Crippen MR) is 95.9 cm³/mol. The lowest BCUT2D eigenvalue weighted by atomic mass is 10.1. The summed E-state index contributed by atoms with van der Waals surface area (Å²) in [6.07, 6.45) is 1.47. The Morgan fingerprint density at radius 2 is 1.75 bits per heavy atom. The molecule has 0 spiro atoms. The van der Waals surface area contributed by atoms with Crippen molar-refractivity contribution >= 4 is 11.5 Å². The molecule has 0 radical (unpaired) electrons. The molecule has 24 heavy (non-hydrogen) atoms. The normalized spacial score (nSPS) is 16.2. The maximum Gasteiger partial charge on any atom is 0.170 e. The molecule has 0 unspecified atom stereocenters. The van der Waals surface area contributed by atoms with Gasteiger partial charge in [-0.05, 0) is 42.7 Å². The number of aliphatic hydroxyl groups is 1. The van der Waals surface area contributed by atoms with E-state index in [0.717, 1.165) is 42.7 Å². The van der Waals surface area contributed by atoms with E-state index in [2.05, 4.69) is 10.1 Å². The van der Waals surface area contributed by atoms with E-state index in [0.29, 0.717) is 12.4 Å². The lowest BCUT2D eigenvalue weighted by Crippen LogP contribution is -2.35. The van der Waals surface area contributed by atoms with Crippen molar-refractivity contribution < 1.29 is 9.94 Å². The molecule has 0 atom stereocenters. The minimum Gasteiger partial charge on any atom is -0.393 e. The molecule has 5 heteroatoms. The molecule has 0 aliphatic carbocycles. The number of oxime groups is 1. The zero-order valence-electron chi connectivity index (χ0n) is 13.6. The van der Waals surface area contributed by atoms with E-state index in [4.69, 9.17) is 10.6 Å². The van der Waals surface area contributed by atoms with Gasteiger partial charge in [-0.3, -0.25) is 0 Å². The molecule has 0 amide bonds. The third-order valence-corrected chi connectivity index (χ3v) is 4.23. The third kappa shape index (κ3) is 4.26. The van der Waals surface area contributed by atoms with Crippen LogP contribution >= 0.6 is 0 Å². The number of anilines is 1. The SMILES string of the molecule is NC(=NOCc1ccccc1)c1ccc(N2CCC(O)CC2)cc1. The average Bonchev–Trinajstić information content (AvgIpc) is 2.63. The van der Waals surface area contributed by atoms with Gasteiger partial charge in [0, 0.05) is 24.3 Å². The molecule has 1 aliphatic rings. The molecule has 2 aromatic carbocycles. The van der Waals surface area contributed by atoms with Crippen molar-refractivity contribution in [3.05, 3.63) is 65.7 Å². The van der Waals surface area contributed by atoms with E-state index in [1.165, 1.54) is 0 Å². The van der Waals surface area contributed by atoms with Gasteiger partial charge >= 0.3 is 0 Å². The quantitative estimate of drug-likeness (QED) is 0.503. The number of nitrogens with two attached hydrogens (primary N) is 1. The van der Waals surface area contributed by atoms with Gasteiger partial charge < -0.3 is 20.6 Å². The third-order valence-electron chi connectivity index (χ3n) is 4.23. The Kier molecular flexibility index (Phi) is 5.33. The lowest BCUT2D eigenvalue weighted by Gasteiger charge is -2.31. The molecule has 5 nitrogen and oxygen atoms in total. The van der Waals surface area contributed by atoms with Gasteiger partial charge in [0.05, 0.1) is 6.10 Å². The van der Waals surface area contributed by atoms with Crippen molar-refractivity contribution in [3.63, 3.8) is 0 Å². The average molecular weight is 325 g/mol. The van der Waals surface area contributed by atoms with Crippen LogP contribution in [0.5, 0.6) is 0 Å². The highest BCUT2D eigenvalue weighted by molar-refractivity contribution is 5.97. The molecule has 1 heterocycles. The van der Waals surface area contributed by atoms with Crippen LogP contribution in [0.25, 0.3) is 0 Å². The Morgan fingerprint density at radius 3 is 2.42 bits per heavy atom. The van der Waals surface area contributed by atoms with Gasteiger partial charge in [0.25, 0.3) is 0 Å². The highest BCUT2D eigenvalue weighted by Gasteiger charge is 2.17. The highest BCUT2D eigenvalue weighted by Crippen LogP contribution is 2.20. The summed E-state index contributed by atoms with van der Waals surface area (Å²) in [7, 11) is 0. The Bertz CT molecular complexity index is 663. The fourth-order valence-corrected chi connectivity index (χ4v) is 2.77. The number of piperidine rings is 1. The molecule has 126 valence electrons. The van der Waals surface area contributed by atoms with Crippen LogP contribution in [0.2, 0.25) is 0 Å². The molecule has 0 saturated carbocycles. The standard InChI is InChI=1S/C19H23N3O2/c20-19(21-24-14-15-4-2-1-3-5-15)16-6-8-17(9-7-16)22-12-10-18(23)11-13-22/h1-9,18,23H,10-14H2,(H2,20,21). The smallest absolute Gasteiger partial charge is 0.170 e. The molecular weight excluding hydrogens is 302 g/mol. The van der Waals surface area contributed by atoms with E-state index in [9.17, 15) is 5.11 Å². The number of aliphatic hydroxyl groups excluding tert-OH is 1. The topological polar surface area (TPSA) is 71.1 Å². The van der Waals surface area contributed by atoms with Crippen LogP contribution in [0.1, 0.15) is 24.0 Å². The van der Waals surface area contributed by atoms with Crippen LogP contribution in [-0.2, 0) is 11.4 Å². The van der Waals surface area contributed by atoms with Crippen LogP contribution in [0.15, 0.2) is 59.8 Å². The molecule has 1 aliphatic heterocycles. The summed E-state index contributed by atoms with van der Waals surface area (Å²) in [5.41, 5.74) is 9.02. The fourth-order valence-electron chi connectivity index (χ4n) is 2.77. The van der Waals surface area contributed by atoms with Gasteiger partial charge in [0.15, 0.2) is 5.84 Å². The molecule has 0 bridgehead atoms. The number of benzene rings is 2. The van der Waals surface area contributed by atoms with Gasteiger partial charge in [0.1, 0.15) is 6.61 Å². The van der Waals surface area contributed by atoms with Crippen molar-refractivity contribution in [2.45, 2.75) is 25.6 Å². The van der Waals surface area contributed by atoms with Crippen LogP contribution in [0.3, 0.4) is 0 Å². The van der Waals surface area contributed by atoms with Crippen LogP contribution in [0.4, 0.5) is 5.69 Å². The second-order valence-electron chi connectivity index (χ2n) is 6.00. The predicted octanol–water partition coefficient (Wildman–Crippen LogP) is 2.48. The van der Waals surface area contributed by atoms with E-state index >= 15 is 0 Å². The molecule has 1 fully saturated rings. The summed E-state index contributed by atoms with van der Waals surface area (Å²) in [6, 6.07) is 17.8. The maximum absolute atomic E-state index is 9.58. The summed E-state index contributed by atoms with van der Waals surface area (Å²) in [5.74, 6) is 0.367. The zero-order valence-corrected chi connectivity index (χ0v) is 13.6. The van der Waals surface area contributed by atoms with Gasteiger partial charge in [-0.2, -0.15) is 0 Å². The molecular formula is C19H23N3O2. The maximum atomic E-state index is 9.58. The Balaban J connectivity index is 1.57. The summed E-state index contributed by atoms with van der Waals surface area (Å²) < 4.78 is 0. The zero-order chi connectivity index (χ0) is 16.8. The van der Waals surface area contributed by atoms with Crippen molar-refractivity contribution in [1.82, 2.24) is 0 Å². The molecule has 1 saturated heterocycles. The molecule has 3 N–H and O–H groups in total. The van der Waals surface area contributed by atoms with E-state index in [1.54, 1.807) is 0 Å². The summed E-state index contributed by atoms with van der Waals surface area (Å²) in [5, 5.41) is 13.6. The van der Waals surface area contributed by atoms with Crippen LogP contribution in [-0.4, -0.2) is 30.1 Å². The number of hydrogen-bond acceptors (Lipinski definition) is 4. The molecule has 2 aromatic rings. The van der Waals surface area contributed by atoms with Crippen molar-refractivity contribution in [3.8, 4) is 0 Å². The van der Waals surface area contributed by atoms with Crippen molar-refractivity contribution in [2.75, 3.05) is 18.0 Å². The first-order valence-corrected chi connectivity index (χ1v) is 8.25. The summed E-state index contributed by atoms with van der Waals surface area (Å²) in [6.45, 7) is 2.16. The van der Waals surface area contributed by atoms with E-state index in [-0.39, 0.29) is 6.10 Å². The lowest BCUT2D eigenvalue weighted by molar-refractivity contribution is 0.130. The van der Waals surface area contributed by atoms with Crippen molar-refractivity contribution in [1.29, 1.82) is 0 Å². The van der Waals surface area contributed by atoms with Gasteiger partial charge in [-0.25, -0.2) is 0 Å². The van der Waals surface area contributed by atoms with Gasteiger partial charge in [0.2, 0.25) is 0 Å². The summed E-state index contributed by atoms with van der Waals surface area (Å²) >= 11 is 0. The number of amidine groups is 1. The monoisotopic (exact) mass is 325 g/mol. The Morgan fingerprint density at radius 1 is 1.08 bits per heavy atom. The largest absolute Gasteiger partial charge is 0.393 e. The minimum atomic E-state index is -0.162. The minimum absolute atomic E-state index is 0.162. The van der Waals surface area contributed by atoms with Gasteiger partial charge in [-0.15, -0.1) is 0 Å². The van der Waals surface area contributed by atoms with Gasteiger partial charge in [-0.1, -0.05) is 35.5 Å². The van der Waals surface area contributed by atoms with Crippen LogP contribution in [0, 0.1) is 0 Å². The fraction of sp³-hybridized carbons (Fsp3) is 0.316. The number of rotatable bonds is 5. The second kappa shape index (κ2) is 7.84. The Hall–Kier alpha value is -2.53.